The van der Waals surface area contributed by atoms with E-state index in [1.807, 2.05) is 22.9 Å². The average molecular weight is 278 g/mol. The van der Waals surface area contributed by atoms with Crippen molar-refractivity contribution in [1.29, 1.82) is 0 Å². The Kier molecular flexibility index (Phi) is 3.22. The van der Waals surface area contributed by atoms with Crippen molar-refractivity contribution in [3.05, 3.63) is 35.1 Å². The summed E-state index contributed by atoms with van der Waals surface area (Å²) in [6.07, 6.45) is 3.70. The van der Waals surface area contributed by atoms with Gasteiger partial charge in [0.15, 0.2) is 4.96 Å². The third kappa shape index (κ3) is 2.34. The van der Waals surface area contributed by atoms with Crippen LogP contribution in [0.3, 0.4) is 0 Å². The van der Waals surface area contributed by atoms with Crippen LogP contribution in [0.1, 0.15) is 17.3 Å². The van der Waals surface area contributed by atoms with Gasteiger partial charge < -0.3 is 14.5 Å². The van der Waals surface area contributed by atoms with Crippen LogP contribution in [0.2, 0.25) is 0 Å². The van der Waals surface area contributed by atoms with Crippen LogP contribution < -0.4 is 10.1 Å². The van der Waals surface area contributed by atoms with Crippen LogP contribution >= 0.6 is 11.3 Å². The fourth-order valence-electron chi connectivity index (χ4n) is 1.91. The molecule has 0 radical (unpaired) electrons. The molecule has 100 valence electrons. The highest BCUT2D eigenvalue weighted by atomic mass is 32.1. The Morgan fingerprint density at radius 1 is 1.47 bits per heavy atom. The summed E-state index contributed by atoms with van der Waals surface area (Å²) in [5, 5.41) is 5.28. The van der Waals surface area contributed by atoms with Crippen LogP contribution in [0.25, 0.3) is 4.96 Å². The number of nitrogens with zero attached hydrogens (tertiary/aromatic N) is 3. The van der Waals surface area contributed by atoms with Crippen LogP contribution in [0, 0.1) is 6.92 Å². The summed E-state index contributed by atoms with van der Waals surface area (Å²) in [5.41, 5.74) is 1.00. The lowest BCUT2D eigenvalue weighted by atomic mass is 10.4. The topological polar surface area (TPSA) is 64.6 Å². The van der Waals surface area contributed by atoms with Gasteiger partial charge in [-0.3, -0.25) is 4.40 Å². The molecule has 0 saturated carbocycles. The average Bonchev–Trinajstić information content (AvgIpc) is 3.06. The predicted molar refractivity (Wildman–Crippen MR) is 71.4 cm³/mol. The number of hydrogen-bond acceptors (Lipinski definition) is 6. The number of rotatable bonds is 5. The first-order valence-corrected chi connectivity index (χ1v) is 6.76. The smallest absolute Gasteiger partial charge is 0.237 e. The van der Waals surface area contributed by atoms with Crippen molar-refractivity contribution >= 4 is 16.3 Å². The van der Waals surface area contributed by atoms with Gasteiger partial charge in [-0.25, -0.2) is 4.98 Å². The van der Waals surface area contributed by atoms with Crippen molar-refractivity contribution in [2.75, 3.05) is 7.11 Å². The first kappa shape index (κ1) is 12.2. The second-order valence-electron chi connectivity index (χ2n) is 4.09. The molecule has 7 heteroatoms. The second kappa shape index (κ2) is 5.02. The molecule has 19 heavy (non-hydrogen) atoms. The largest absolute Gasteiger partial charge is 0.480 e. The number of ether oxygens (including phenoxy) is 1. The predicted octanol–water partition coefficient (Wildman–Crippen LogP) is 1.99. The molecule has 0 atom stereocenters. The van der Waals surface area contributed by atoms with Crippen LogP contribution in [0.15, 0.2) is 22.2 Å². The van der Waals surface area contributed by atoms with Crippen LogP contribution in [-0.2, 0) is 13.1 Å². The van der Waals surface area contributed by atoms with Gasteiger partial charge in [-0.1, -0.05) is 0 Å². The molecular weight excluding hydrogens is 264 g/mol. The molecule has 0 fully saturated rings. The van der Waals surface area contributed by atoms with E-state index in [4.69, 9.17) is 9.15 Å². The minimum Gasteiger partial charge on any atom is -0.480 e. The fourth-order valence-corrected chi connectivity index (χ4v) is 2.63. The number of hydrogen-bond donors (Lipinski definition) is 1. The Morgan fingerprint density at radius 3 is 3.11 bits per heavy atom. The molecule has 0 aliphatic heterocycles. The van der Waals surface area contributed by atoms with Gasteiger partial charge in [0.25, 0.3) is 0 Å². The first-order valence-electron chi connectivity index (χ1n) is 5.88. The van der Waals surface area contributed by atoms with Gasteiger partial charge in [0.1, 0.15) is 11.5 Å². The molecule has 3 rings (SSSR count). The maximum absolute atomic E-state index is 5.41. The minimum absolute atomic E-state index is 0.578. The highest BCUT2D eigenvalue weighted by molar-refractivity contribution is 7.15. The summed E-state index contributed by atoms with van der Waals surface area (Å²) in [5.74, 6) is 2.16. The molecule has 0 spiro atoms. The maximum atomic E-state index is 5.41. The molecule has 1 N–H and O–H groups in total. The molecule has 3 aromatic rings. The highest BCUT2D eigenvalue weighted by Gasteiger charge is 2.13. The van der Waals surface area contributed by atoms with E-state index >= 15 is 0 Å². The molecule has 0 aromatic carbocycles. The summed E-state index contributed by atoms with van der Waals surface area (Å²) < 4.78 is 12.7. The molecule has 0 aliphatic rings. The van der Waals surface area contributed by atoms with Crippen molar-refractivity contribution in [2.24, 2.45) is 0 Å². The third-order valence-corrected chi connectivity index (χ3v) is 3.51. The molecular formula is C12H14N4O2S. The van der Waals surface area contributed by atoms with Gasteiger partial charge in [0.05, 0.1) is 19.9 Å². The fraction of sp³-hybridized carbons (Fsp3) is 0.333. The van der Waals surface area contributed by atoms with Gasteiger partial charge in [-0.05, 0) is 6.92 Å². The molecule has 6 nitrogen and oxygen atoms in total. The SMILES string of the molecule is COc1nc2sccn2c1CNCc1ncc(C)o1. The van der Waals surface area contributed by atoms with Crippen molar-refractivity contribution in [3.63, 3.8) is 0 Å². The van der Waals surface area contributed by atoms with E-state index in [2.05, 4.69) is 15.3 Å². The van der Waals surface area contributed by atoms with Crippen molar-refractivity contribution in [2.45, 2.75) is 20.0 Å². The van der Waals surface area contributed by atoms with E-state index in [1.54, 1.807) is 24.6 Å². The number of aryl methyl sites for hydroxylation is 1. The third-order valence-electron chi connectivity index (χ3n) is 2.76. The number of thiazole rings is 1. The quantitative estimate of drug-likeness (QED) is 0.773. The number of nitrogens with one attached hydrogen (secondary N) is 1. The molecule has 0 amide bonds. The Hall–Kier alpha value is -1.86. The normalized spacial score (nSPS) is 11.3. The van der Waals surface area contributed by atoms with Crippen molar-refractivity contribution < 1.29 is 9.15 Å². The van der Waals surface area contributed by atoms with Crippen molar-refractivity contribution in [3.8, 4) is 5.88 Å². The number of aromatic nitrogens is 3. The minimum atomic E-state index is 0.578. The van der Waals surface area contributed by atoms with Gasteiger partial charge in [0.2, 0.25) is 11.8 Å². The van der Waals surface area contributed by atoms with Crippen LogP contribution in [0.4, 0.5) is 0 Å². The second-order valence-corrected chi connectivity index (χ2v) is 4.96. The summed E-state index contributed by atoms with van der Waals surface area (Å²) in [6, 6.07) is 0. The van der Waals surface area contributed by atoms with E-state index < -0.39 is 0 Å². The Labute approximate surface area is 114 Å². The van der Waals surface area contributed by atoms with E-state index in [0.29, 0.717) is 24.9 Å². The lowest BCUT2D eigenvalue weighted by molar-refractivity contribution is 0.390. The van der Waals surface area contributed by atoms with E-state index in [-0.39, 0.29) is 0 Å². The van der Waals surface area contributed by atoms with E-state index in [0.717, 1.165) is 16.4 Å². The van der Waals surface area contributed by atoms with E-state index in [9.17, 15) is 0 Å². The lowest BCUT2D eigenvalue weighted by Crippen LogP contribution is -2.14. The Balaban J connectivity index is 1.72. The monoisotopic (exact) mass is 278 g/mol. The van der Waals surface area contributed by atoms with Gasteiger partial charge in [-0.2, -0.15) is 4.98 Å². The Bertz CT molecular complexity index is 685. The molecule has 0 bridgehead atoms. The maximum Gasteiger partial charge on any atom is 0.237 e. The number of methoxy groups -OCH3 is 1. The summed E-state index contributed by atoms with van der Waals surface area (Å²) >= 11 is 1.58. The number of fused-ring (bicyclic) bond motifs is 1. The molecule has 0 aliphatic carbocycles. The first-order chi connectivity index (χ1) is 9.28. The van der Waals surface area contributed by atoms with Gasteiger partial charge in [-0.15, -0.1) is 11.3 Å². The van der Waals surface area contributed by atoms with E-state index in [1.165, 1.54) is 0 Å². The summed E-state index contributed by atoms with van der Waals surface area (Å²) in [6.45, 7) is 3.10. The molecule has 3 aromatic heterocycles. The van der Waals surface area contributed by atoms with Crippen LogP contribution in [0.5, 0.6) is 5.88 Å². The zero-order valence-electron chi connectivity index (χ0n) is 10.7. The number of imidazole rings is 1. The van der Waals surface area contributed by atoms with Gasteiger partial charge in [0, 0.05) is 18.1 Å². The molecule has 0 saturated heterocycles. The Morgan fingerprint density at radius 2 is 2.37 bits per heavy atom. The standard InChI is InChI=1S/C12H14N4O2S/c1-8-5-14-10(18-8)7-13-6-9-11(17-2)15-12-16(9)3-4-19-12/h3-5,13H,6-7H2,1-2H3. The summed E-state index contributed by atoms with van der Waals surface area (Å²) in [7, 11) is 1.63. The van der Waals surface area contributed by atoms with Crippen LogP contribution in [-0.4, -0.2) is 21.5 Å². The molecule has 3 heterocycles. The molecule has 0 unspecified atom stereocenters. The zero-order chi connectivity index (χ0) is 13.2. The van der Waals surface area contributed by atoms with Crippen molar-refractivity contribution in [1.82, 2.24) is 19.7 Å². The number of oxazole rings is 1. The lowest BCUT2D eigenvalue weighted by Gasteiger charge is -2.03. The zero-order valence-corrected chi connectivity index (χ0v) is 11.5. The van der Waals surface area contributed by atoms with Gasteiger partial charge >= 0.3 is 0 Å². The highest BCUT2D eigenvalue weighted by Crippen LogP contribution is 2.22. The summed E-state index contributed by atoms with van der Waals surface area (Å²) in [4.78, 5) is 9.48.